The van der Waals surface area contributed by atoms with Crippen LogP contribution in [0.4, 0.5) is 5.69 Å². The van der Waals surface area contributed by atoms with Crippen molar-refractivity contribution in [2.45, 2.75) is 19.4 Å². The number of rotatable bonds is 4. The molecule has 3 aromatic rings. The Kier molecular flexibility index (Phi) is 3.07. The van der Waals surface area contributed by atoms with E-state index >= 15 is 0 Å². The molecule has 2 heteroatoms. The van der Waals surface area contributed by atoms with Crippen LogP contribution in [0.15, 0.2) is 60.9 Å². The largest absolute Gasteiger partial charge is 0.367 e. The van der Waals surface area contributed by atoms with E-state index in [9.17, 15) is 0 Å². The van der Waals surface area contributed by atoms with Crippen molar-refractivity contribution < 1.29 is 0 Å². The van der Waals surface area contributed by atoms with Crippen molar-refractivity contribution in [1.82, 2.24) is 4.98 Å². The van der Waals surface area contributed by atoms with Crippen LogP contribution in [0.3, 0.4) is 0 Å². The van der Waals surface area contributed by atoms with Crippen LogP contribution >= 0.6 is 0 Å². The van der Waals surface area contributed by atoms with Gasteiger partial charge in [-0.3, -0.25) is 4.98 Å². The van der Waals surface area contributed by atoms with Gasteiger partial charge >= 0.3 is 0 Å². The maximum atomic E-state index is 4.19. The van der Waals surface area contributed by atoms with Crippen LogP contribution in [0, 0.1) is 0 Å². The summed E-state index contributed by atoms with van der Waals surface area (Å²) in [7, 11) is 0. The molecule has 0 atom stereocenters. The van der Waals surface area contributed by atoms with Crippen molar-refractivity contribution >= 4 is 16.5 Å². The van der Waals surface area contributed by atoms with E-state index in [1.165, 1.54) is 27.6 Å². The maximum Gasteiger partial charge on any atom is 0.0452 e. The van der Waals surface area contributed by atoms with Crippen LogP contribution in [-0.2, 0) is 13.0 Å². The third kappa shape index (κ3) is 2.27. The van der Waals surface area contributed by atoms with Gasteiger partial charge in [-0.2, -0.15) is 0 Å². The Bertz CT molecular complexity index is 760. The highest BCUT2D eigenvalue weighted by Gasteiger charge is 2.20. The fourth-order valence-corrected chi connectivity index (χ4v) is 3.30. The molecule has 2 nitrogen and oxygen atoms in total. The molecule has 0 radical (unpaired) electrons. The van der Waals surface area contributed by atoms with Crippen LogP contribution in [0.1, 0.15) is 17.5 Å². The van der Waals surface area contributed by atoms with Crippen LogP contribution in [0.2, 0.25) is 0 Å². The smallest absolute Gasteiger partial charge is 0.0452 e. The van der Waals surface area contributed by atoms with E-state index in [-0.39, 0.29) is 0 Å². The number of aryl methyl sites for hydroxylation is 1. The number of anilines is 1. The van der Waals surface area contributed by atoms with Crippen LogP contribution in [0.5, 0.6) is 0 Å². The van der Waals surface area contributed by atoms with Crippen molar-refractivity contribution in [2.75, 3.05) is 11.4 Å². The van der Waals surface area contributed by atoms with Gasteiger partial charge in [-0.15, -0.1) is 0 Å². The van der Waals surface area contributed by atoms with E-state index in [1.54, 1.807) is 0 Å². The van der Waals surface area contributed by atoms with Crippen molar-refractivity contribution in [3.8, 4) is 0 Å². The van der Waals surface area contributed by atoms with E-state index < -0.39 is 0 Å². The minimum absolute atomic E-state index is 1.05. The predicted molar refractivity (Wildman–Crippen MR) is 87.6 cm³/mol. The highest BCUT2D eigenvalue weighted by molar-refractivity contribution is 5.99. The second-order valence-corrected chi connectivity index (χ2v) is 5.68. The third-order valence-corrected chi connectivity index (χ3v) is 4.29. The van der Waals surface area contributed by atoms with E-state index in [2.05, 4.69) is 52.3 Å². The van der Waals surface area contributed by atoms with Gasteiger partial charge in [0.1, 0.15) is 0 Å². The average molecular weight is 274 g/mol. The summed E-state index contributed by atoms with van der Waals surface area (Å²) < 4.78 is 0. The Labute approximate surface area is 125 Å². The monoisotopic (exact) mass is 274 g/mol. The van der Waals surface area contributed by atoms with Crippen molar-refractivity contribution in [2.24, 2.45) is 0 Å². The van der Waals surface area contributed by atoms with Gasteiger partial charge in [-0.05, 0) is 41.5 Å². The molecule has 0 saturated heterocycles. The summed E-state index contributed by atoms with van der Waals surface area (Å²) in [6, 6.07) is 17.4. The van der Waals surface area contributed by atoms with Gasteiger partial charge in [0.2, 0.25) is 0 Å². The summed E-state index contributed by atoms with van der Waals surface area (Å²) in [4.78, 5) is 6.69. The molecule has 1 aliphatic heterocycles. The molecule has 0 aliphatic carbocycles. The van der Waals surface area contributed by atoms with Crippen molar-refractivity contribution in [3.05, 3.63) is 72.1 Å². The Morgan fingerprint density at radius 1 is 1.00 bits per heavy atom. The minimum atomic E-state index is 1.05. The highest BCUT2D eigenvalue weighted by Crippen LogP contribution is 2.37. The zero-order valence-corrected chi connectivity index (χ0v) is 12.0. The number of benzene rings is 2. The number of hydrogen-bond acceptors (Lipinski definition) is 2. The number of hydrogen-bond donors (Lipinski definition) is 0. The molecule has 0 unspecified atom stereocenters. The Morgan fingerprint density at radius 2 is 1.90 bits per heavy atom. The molecular formula is C19H18N2. The molecule has 1 aliphatic rings. The minimum Gasteiger partial charge on any atom is -0.367 e. The summed E-state index contributed by atoms with van der Waals surface area (Å²) in [5.74, 6) is 0. The summed E-state index contributed by atoms with van der Waals surface area (Å²) in [6.45, 7) is 2.15. The number of pyridine rings is 1. The lowest BCUT2D eigenvalue weighted by molar-refractivity contribution is 0.741. The van der Waals surface area contributed by atoms with E-state index in [1.807, 2.05) is 18.5 Å². The molecule has 0 N–H and O–H groups in total. The van der Waals surface area contributed by atoms with Gasteiger partial charge in [0, 0.05) is 36.6 Å². The molecule has 0 saturated carbocycles. The zero-order chi connectivity index (χ0) is 14.1. The molecule has 0 spiro atoms. The molecule has 2 heterocycles. The molecule has 1 aromatic heterocycles. The molecule has 0 fully saturated rings. The van der Waals surface area contributed by atoms with Gasteiger partial charge in [-0.25, -0.2) is 0 Å². The Morgan fingerprint density at radius 3 is 2.76 bits per heavy atom. The summed E-state index contributed by atoms with van der Waals surface area (Å²) >= 11 is 0. The third-order valence-electron chi connectivity index (χ3n) is 4.29. The molecular weight excluding hydrogens is 256 g/mol. The van der Waals surface area contributed by atoms with Crippen molar-refractivity contribution in [1.29, 1.82) is 0 Å². The molecule has 0 bridgehead atoms. The highest BCUT2D eigenvalue weighted by atomic mass is 15.1. The molecule has 4 rings (SSSR count). The normalized spacial score (nSPS) is 13.0. The maximum absolute atomic E-state index is 4.19. The van der Waals surface area contributed by atoms with Gasteiger partial charge in [-0.1, -0.05) is 36.4 Å². The number of nitrogens with zero attached hydrogens (tertiary/aromatic N) is 2. The lowest BCUT2D eigenvalue weighted by atomic mass is 10.1. The summed E-state index contributed by atoms with van der Waals surface area (Å²) in [6.07, 6.45) is 6.06. The number of aromatic nitrogens is 1. The zero-order valence-electron chi connectivity index (χ0n) is 12.0. The molecule has 104 valence electrons. The topological polar surface area (TPSA) is 16.1 Å². The second kappa shape index (κ2) is 5.21. The second-order valence-electron chi connectivity index (χ2n) is 5.68. The van der Waals surface area contributed by atoms with E-state index in [0.29, 0.717) is 0 Å². The first-order valence-electron chi connectivity index (χ1n) is 7.56. The van der Waals surface area contributed by atoms with E-state index in [0.717, 1.165) is 25.9 Å². The fourth-order valence-electron chi connectivity index (χ4n) is 3.30. The standard InChI is InChI=1S/C19H18N2/c1-7-16-8-2-10-18-19(16)17(9-1)14-21(18)12-4-6-15-5-3-11-20-13-15/h1-3,5,7-11,13H,4,6,12,14H2. The Balaban J connectivity index is 1.50. The first-order chi connectivity index (χ1) is 10.4. The summed E-state index contributed by atoms with van der Waals surface area (Å²) in [5.41, 5.74) is 4.19. The van der Waals surface area contributed by atoms with Crippen molar-refractivity contribution in [3.63, 3.8) is 0 Å². The lowest BCUT2D eigenvalue weighted by Gasteiger charge is -2.19. The molecule has 0 amide bonds. The van der Waals surface area contributed by atoms with Gasteiger partial charge in [0.05, 0.1) is 0 Å². The quantitative estimate of drug-likeness (QED) is 0.709. The van der Waals surface area contributed by atoms with Gasteiger partial charge in [0.15, 0.2) is 0 Å². The molecule has 21 heavy (non-hydrogen) atoms. The SMILES string of the molecule is c1cncc(CCCN2Cc3cccc4cccc2c34)c1. The average Bonchev–Trinajstić information content (AvgIpc) is 2.89. The lowest BCUT2D eigenvalue weighted by Crippen LogP contribution is -2.20. The molecule has 2 aromatic carbocycles. The first-order valence-corrected chi connectivity index (χ1v) is 7.56. The van der Waals surface area contributed by atoms with Crippen LogP contribution < -0.4 is 4.90 Å². The fraction of sp³-hybridized carbons (Fsp3) is 0.211. The van der Waals surface area contributed by atoms with Crippen LogP contribution in [-0.4, -0.2) is 11.5 Å². The van der Waals surface area contributed by atoms with Gasteiger partial charge in [0.25, 0.3) is 0 Å². The Hall–Kier alpha value is -2.35. The van der Waals surface area contributed by atoms with Gasteiger partial charge < -0.3 is 4.90 Å². The summed E-state index contributed by atoms with van der Waals surface area (Å²) in [5, 5.41) is 2.81. The predicted octanol–water partition coefficient (Wildman–Crippen LogP) is 4.19. The first kappa shape index (κ1) is 12.4. The van der Waals surface area contributed by atoms with Crippen LogP contribution in [0.25, 0.3) is 10.8 Å². The van der Waals surface area contributed by atoms with E-state index in [4.69, 9.17) is 0 Å².